The number of nitrogens with zero attached hydrogens (tertiary/aromatic N) is 4. The van der Waals surface area contributed by atoms with Gasteiger partial charge >= 0.3 is 0 Å². The van der Waals surface area contributed by atoms with Crippen molar-refractivity contribution in [2.75, 3.05) is 5.32 Å². The number of hydrogen-bond donors (Lipinski definition) is 2. The van der Waals surface area contributed by atoms with E-state index in [1.54, 1.807) is 42.6 Å². The lowest BCUT2D eigenvalue weighted by molar-refractivity contribution is -0.116. The van der Waals surface area contributed by atoms with E-state index < -0.39 is 0 Å². The number of aromatic amines is 1. The summed E-state index contributed by atoms with van der Waals surface area (Å²) >= 11 is 0. The maximum Gasteiger partial charge on any atom is 0.224 e. The molecule has 0 saturated heterocycles. The van der Waals surface area contributed by atoms with Crippen molar-refractivity contribution >= 4 is 11.6 Å². The van der Waals surface area contributed by atoms with Crippen LogP contribution in [0.15, 0.2) is 59.1 Å². The molecule has 9 heteroatoms. The molecule has 4 rings (SSSR count). The highest BCUT2D eigenvalue weighted by Gasteiger charge is 2.10. The van der Waals surface area contributed by atoms with E-state index in [0.29, 0.717) is 29.6 Å². The molecule has 0 atom stereocenters. The predicted molar refractivity (Wildman–Crippen MR) is 98.5 cm³/mol. The number of anilines is 1. The molecule has 140 valence electrons. The van der Waals surface area contributed by atoms with Crippen LogP contribution < -0.4 is 5.32 Å². The average Bonchev–Trinajstić information content (AvgIpc) is 3.40. The summed E-state index contributed by atoms with van der Waals surface area (Å²) in [7, 11) is 0. The molecule has 2 N–H and O–H groups in total. The van der Waals surface area contributed by atoms with E-state index in [9.17, 15) is 9.18 Å². The van der Waals surface area contributed by atoms with Crippen LogP contribution in [0.5, 0.6) is 0 Å². The first-order valence-corrected chi connectivity index (χ1v) is 8.52. The minimum atomic E-state index is -0.314. The molecule has 0 saturated carbocycles. The number of oxazole rings is 1. The standard InChI is InChI=1S/C19H15FN6O2/c20-14-5-1-12(2-6-14)16-11-21-18(28-16)10-9-17(27)22-15-7-3-13(4-8-15)19-23-25-26-24-19/h1-8,11H,9-10H2,(H,22,27)(H,23,24,25,26). The highest BCUT2D eigenvalue weighted by atomic mass is 19.1. The Bertz CT molecular complexity index is 1060. The fourth-order valence-corrected chi connectivity index (χ4v) is 2.60. The number of amides is 1. The molecule has 0 aliphatic carbocycles. The van der Waals surface area contributed by atoms with Gasteiger partial charge in [-0.3, -0.25) is 4.79 Å². The number of H-pyrrole nitrogens is 1. The van der Waals surface area contributed by atoms with Gasteiger partial charge in [-0.1, -0.05) is 0 Å². The molecule has 0 bridgehead atoms. The van der Waals surface area contributed by atoms with Gasteiger partial charge in [0.25, 0.3) is 0 Å². The summed E-state index contributed by atoms with van der Waals surface area (Å²) in [5, 5.41) is 16.5. The van der Waals surface area contributed by atoms with Crippen LogP contribution in [-0.4, -0.2) is 31.5 Å². The lowest BCUT2D eigenvalue weighted by Gasteiger charge is -2.04. The molecule has 0 aliphatic rings. The summed E-state index contributed by atoms with van der Waals surface area (Å²) in [6, 6.07) is 13.1. The average molecular weight is 378 g/mol. The molecular formula is C19H15FN6O2. The monoisotopic (exact) mass is 378 g/mol. The summed E-state index contributed by atoms with van der Waals surface area (Å²) in [5.41, 5.74) is 2.18. The molecule has 0 aliphatic heterocycles. The number of hydrogen-bond acceptors (Lipinski definition) is 6. The van der Waals surface area contributed by atoms with Gasteiger partial charge in [-0.15, -0.1) is 10.2 Å². The van der Waals surface area contributed by atoms with Crippen LogP contribution in [0.3, 0.4) is 0 Å². The second kappa shape index (κ2) is 7.78. The Labute approximate surface area is 158 Å². The van der Waals surface area contributed by atoms with Gasteiger partial charge in [-0.2, -0.15) is 5.21 Å². The minimum absolute atomic E-state index is 0.158. The van der Waals surface area contributed by atoms with Gasteiger partial charge in [-0.25, -0.2) is 9.37 Å². The third-order valence-corrected chi connectivity index (χ3v) is 4.02. The molecule has 28 heavy (non-hydrogen) atoms. The van der Waals surface area contributed by atoms with E-state index in [0.717, 1.165) is 11.1 Å². The van der Waals surface area contributed by atoms with E-state index >= 15 is 0 Å². The van der Waals surface area contributed by atoms with Crippen molar-refractivity contribution in [1.82, 2.24) is 25.6 Å². The topological polar surface area (TPSA) is 110 Å². The second-order valence-corrected chi connectivity index (χ2v) is 5.99. The third-order valence-electron chi connectivity index (χ3n) is 4.02. The lowest BCUT2D eigenvalue weighted by Crippen LogP contribution is -2.12. The number of nitrogens with one attached hydrogen (secondary N) is 2. The molecular weight excluding hydrogens is 363 g/mol. The normalized spacial score (nSPS) is 10.8. The van der Waals surface area contributed by atoms with Gasteiger partial charge in [-0.05, 0) is 53.7 Å². The zero-order valence-electron chi connectivity index (χ0n) is 14.6. The van der Waals surface area contributed by atoms with Gasteiger partial charge in [0.15, 0.2) is 11.7 Å². The minimum Gasteiger partial charge on any atom is -0.441 e. The molecule has 0 radical (unpaired) electrons. The Morgan fingerprint density at radius 1 is 1.07 bits per heavy atom. The van der Waals surface area contributed by atoms with Crippen LogP contribution in [0.1, 0.15) is 12.3 Å². The fourth-order valence-electron chi connectivity index (χ4n) is 2.60. The number of halogens is 1. The van der Waals surface area contributed by atoms with Crippen molar-refractivity contribution in [3.8, 4) is 22.7 Å². The van der Waals surface area contributed by atoms with Crippen LogP contribution in [0.4, 0.5) is 10.1 Å². The number of rotatable bonds is 6. The molecule has 2 aromatic carbocycles. The van der Waals surface area contributed by atoms with Gasteiger partial charge in [0.2, 0.25) is 11.7 Å². The molecule has 0 unspecified atom stereocenters. The summed E-state index contributed by atoms with van der Waals surface area (Å²) in [4.78, 5) is 16.3. The van der Waals surface area contributed by atoms with Crippen LogP contribution in [0, 0.1) is 5.82 Å². The number of tetrazole rings is 1. The first-order chi connectivity index (χ1) is 13.7. The zero-order valence-corrected chi connectivity index (χ0v) is 14.6. The molecule has 0 fully saturated rings. The Hall–Kier alpha value is -3.88. The summed E-state index contributed by atoms with van der Waals surface area (Å²) in [6.45, 7) is 0. The molecule has 0 spiro atoms. The smallest absolute Gasteiger partial charge is 0.224 e. The predicted octanol–water partition coefficient (Wildman–Crippen LogP) is 3.23. The Kier molecular flexibility index (Phi) is 4.87. The Morgan fingerprint density at radius 2 is 1.82 bits per heavy atom. The van der Waals surface area contributed by atoms with E-state index in [2.05, 4.69) is 30.9 Å². The van der Waals surface area contributed by atoms with Crippen molar-refractivity contribution in [1.29, 1.82) is 0 Å². The van der Waals surface area contributed by atoms with Crippen molar-refractivity contribution < 1.29 is 13.6 Å². The highest BCUT2D eigenvalue weighted by Crippen LogP contribution is 2.21. The van der Waals surface area contributed by atoms with Crippen LogP contribution in [-0.2, 0) is 11.2 Å². The molecule has 1 amide bonds. The van der Waals surface area contributed by atoms with E-state index in [1.807, 2.05) is 0 Å². The third kappa shape index (κ3) is 4.09. The van der Waals surface area contributed by atoms with E-state index in [4.69, 9.17) is 4.42 Å². The first kappa shape index (κ1) is 17.5. The van der Waals surface area contributed by atoms with E-state index in [-0.39, 0.29) is 18.1 Å². The van der Waals surface area contributed by atoms with Crippen LogP contribution >= 0.6 is 0 Å². The molecule has 2 heterocycles. The van der Waals surface area contributed by atoms with E-state index in [1.165, 1.54) is 12.1 Å². The maximum atomic E-state index is 13.0. The summed E-state index contributed by atoms with van der Waals surface area (Å²) < 4.78 is 18.6. The number of aromatic nitrogens is 5. The van der Waals surface area contributed by atoms with Crippen molar-refractivity contribution in [2.45, 2.75) is 12.8 Å². The molecule has 2 aromatic heterocycles. The van der Waals surface area contributed by atoms with Gasteiger partial charge in [0.1, 0.15) is 5.82 Å². The van der Waals surface area contributed by atoms with Gasteiger partial charge in [0, 0.05) is 29.7 Å². The maximum absolute atomic E-state index is 13.0. The van der Waals surface area contributed by atoms with Crippen molar-refractivity contribution in [3.05, 3.63) is 66.4 Å². The molecule has 8 nitrogen and oxygen atoms in total. The van der Waals surface area contributed by atoms with Crippen LogP contribution in [0.25, 0.3) is 22.7 Å². The van der Waals surface area contributed by atoms with Crippen molar-refractivity contribution in [2.24, 2.45) is 0 Å². The largest absolute Gasteiger partial charge is 0.441 e. The fraction of sp³-hybridized carbons (Fsp3) is 0.105. The number of carbonyl (C=O) groups excluding carboxylic acids is 1. The first-order valence-electron chi connectivity index (χ1n) is 8.52. The highest BCUT2D eigenvalue weighted by molar-refractivity contribution is 5.91. The zero-order chi connectivity index (χ0) is 19.3. The SMILES string of the molecule is O=C(CCc1ncc(-c2ccc(F)cc2)o1)Nc1ccc(-c2nn[nH]n2)cc1. The van der Waals surface area contributed by atoms with Gasteiger partial charge < -0.3 is 9.73 Å². The Morgan fingerprint density at radius 3 is 2.54 bits per heavy atom. The second-order valence-electron chi connectivity index (χ2n) is 5.99. The number of benzene rings is 2. The summed E-state index contributed by atoms with van der Waals surface area (Å²) in [6.07, 6.45) is 2.14. The Balaban J connectivity index is 1.31. The summed E-state index contributed by atoms with van der Waals surface area (Å²) in [5.74, 6) is 0.993. The van der Waals surface area contributed by atoms with Gasteiger partial charge in [0.05, 0.1) is 6.20 Å². The van der Waals surface area contributed by atoms with Crippen molar-refractivity contribution in [3.63, 3.8) is 0 Å². The number of carbonyl (C=O) groups is 1. The molecule has 4 aromatic rings. The quantitative estimate of drug-likeness (QED) is 0.533. The lowest BCUT2D eigenvalue weighted by atomic mass is 10.2. The van der Waals surface area contributed by atoms with Crippen LogP contribution in [0.2, 0.25) is 0 Å². The number of aryl methyl sites for hydroxylation is 1.